The van der Waals surface area contributed by atoms with Gasteiger partial charge in [-0.1, -0.05) is 56.5 Å². The molecule has 0 aliphatic rings. The van der Waals surface area contributed by atoms with Crippen LogP contribution in [0.1, 0.15) is 51.5 Å². The third-order valence-electron chi connectivity index (χ3n) is 4.81. The molecule has 2 nitrogen and oxygen atoms in total. The molecule has 0 aliphatic carbocycles. The lowest BCUT2D eigenvalue weighted by Crippen LogP contribution is -2.65. The summed E-state index contributed by atoms with van der Waals surface area (Å²) in [6.07, 6.45) is 0.540. The average molecular weight is 382 g/mol. The van der Waals surface area contributed by atoms with Crippen LogP contribution in [0.2, 0.25) is 0 Å². The van der Waals surface area contributed by atoms with E-state index in [1.54, 1.807) is 0 Å². The Hall–Kier alpha value is -1.21. The summed E-state index contributed by atoms with van der Waals surface area (Å²) in [7, 11) is 1.88. The number of benzene rings is 1. The van der Waals surface area contributed by atoms with E-state index in [0.29, 0.717) is 12.8 Å². The van der Waals surface area contributed by atoms with Crippen molar-refractivity contribution >= 4 is 0 Å². The third kappa shape index (κ3) is 3.88. The van der Waals surface area contributed by atoms with Gasteiger partial charge in [0.2, 0.25) is 5.79 Å². The highest BCUT2D eigenvalue weighted by Gasteiger charge is 2.77. The summed E-state index contributed by atoms with van der Waals surface area (Å²) in [6.45, 7) is 2.76. The first-order chi connectivity index (χ1) is 12.0. The molecule has 0 aliphatic heterocycles. The Kier molecular flexibility index (Phi) is 7.60. The number of alkyl halides is 5. The first kappa shape index (κ1) is 22.8. The van der Waals surface area contributed by atoms with Gasteiger partial charge in [0.25, 0.3) is 5.67 Å². The molecule has 1 atom stereocenters. The number of hydrogen-bond acceptors (Lipinski definition) is 2. The fourth-order valence-corrected chi connectivity index (χ4v) is 2.94. The minimum absolute atomic E-state index is 0.127. The first-order valence-electron chi connectivity index (χ1n) is 8.64. The van der Waals surface area contributed by atoms with Gasteiger partial charge in [0.1, 0.15) is 0 Å². The van der Waals surface area contributed by atoms with Crippen LogP contribution in [0, 0.1) is 0 Å². The third-order valence-corrected chi connectivity index (χ3v) is 4.81. The first-order valence-corrected chi connectivity index (χ1v) is 8.64. The summed E-state index contributed by atoms with van der Waals surface area (Å²) in [4.78, 5) is 0. The molecule has 0 saturated carbocycles. The molecular weight excluding hydrogens is 355 g/mol. The van der Waals surface area contributed by atoms with E-state index in [9.17, 15) is 8.78 Å². The zero-order chi connectivity index (χ0) is 20.1. The zero-order valence-corrected chi connectivity index (χ0v) is 15.6. The molecule has 0 N–H and O–H groups in total. The number of rotatable bonds is 11. The van der Waals surface area contributed by atoms with E-state index in [0.717, 1.165) is 39.7 Å². The highest BCUT2D eigenvalue weighted by atomic mass is 19.3. The molecule has 1 unspecified atom stereocenters. The van der Waals surface area contributed by atoms with E-state index in [2.05, 4.69) is 0 Å². The van der Waals surface area contributed by atoms with E-state index in [1.807, 2.05) is 6.92 Å². The van der Waals surface area contributed by atoms with Crippen LogP contribution in [-0.2, 0) is 15.1 Å². The number of halogens is 5. The highest BCUT2D eigenvalue weighted by molar-refractivity contribution is 5.30. The van der Waals surface area contributed by atoms with Crippen LogP contribution in [0.15, 0.2) is 30.3 Å². The molecule has 7 heteroatoms. The lowest BCUT2D eigenvalue weighted by Gasteiger charge is -2.46. The van der Waals surface area contributed by atoms with Crippen molar-refractivity contribution in [2.75, 3.05) is 14.2 Å². The SMILES string of the molecule is CCCCCCC(F)(F)C(F)(F)C(F)(c1ccccc1)C(C)(OC)OC. The fourth-order valence-electron chi connectivity index (χ4n) is 2.94. The number of ether oxygens (including phenoxy) is 2. The van der Waals surface area contributed by atoms with E-state index in [4.69, 9.17) is 9.47 Å². The van der Waals surface area contributed by atoms with Crippen molar-refractivity contribution in [2.45, 2.75) is 69.3 Å². The van der Waals surface area contributed by atoms with Gasteiger partial charge >= 0.3 is 11.8 Å². The summed E-state index contributed by atoms with van der Waals surface area (Å²) in [5.74, 6) is -12.3. The minimum atomic E-state index is -5.06. The summed E-state index contributed by atoms with van der Waals surface area (Å²) >= 11 is 0. The van der Waals surface area contributed by atoms with Crippen molar-refractivity contribution < 1.29 is 31.4 Å². The Morgan fingerprint density at radius 2 is 1.38 bits per heavy atom. The van der Waals surface area contributed by atoms with Gasteiger partial charge in [-0.05, 0) is 13.3 Å². The summed E-state index contributed by atoms with van der Waals surface area (Å²) in [5.41, 5.74) is -4.54. The van der Waals surface area contributed by atoms with Crippen molar-refractivity contribution in [1.82, 2.24) is 0 Å². The Balaban J connectivity index is 3.41. The van der Waals surface area contributed by atoms with Gasteiger partial charge in [-0.15, -0.1) is 0 Å². The molecule has 0 heterocycles. The van der Waals surface area contributed by atoms with Crippen LogP contribution < -0.4 is 0 Å². The van der Waals surface area contributed by atoms with Gasteiger partial charge in [-0.25, -0.2) is 4.39 Å². The van der Waals surface area contributed by atoms with Crippen LogP contribution in [0.5, 0.6) is 0 Å². The van der Waals surface area contributed by atoms with Crippen molar-refractivity contribution in [1.29, 1.82) is 0 Å². The standard InChI is InChI=1S/C19H27F5O2/c1-5-6-7-11-14-17(20,21)19(23,24)18(22,16(2,25-3)26-4)15-12-9-8-10-13-15/h8-10,12-13H,5-7,11,14H2,1-4H3. The van der Waals surface area contributed by atoms with E-state index >= 15 is 13.2 Å². The van der Waals surface area contributed by atoms with Gasteiger partial charge in [0.15, 0.2) is 0 Å². The van der Waals surface area contributed by atoms with Crippen LogP contribution in [0.25, 0.3) is 0 Å². The van der Waals surface area contributed by atoms with Gasteiger partial charge in [-0.3, -0.25) is 0 Å². The Labute approximate surface area is 151 Å². The maximum atomic E-state index is 15.9. The maximum absolute atomic E-state index is 15.9. The minimum Gasteiger partial charge on any atom is -0.350 e. The van der Waals surface area contributed by atoms with Gasteiger partial charge in [-0.2, -0.15) is 17.6 Å². The van der Waals surface area contributed by atoms with Crippen LogP contribution >= 0.6 is 0 Å². The predicted octanol–water partition coefficient (Wildman–Crippen LogP) is 6.10. The Bertz CT molecular complexity index is 546. The molecule has 1 aromatic carbocycles. The molecule has 0 radical (unpaired) electrons. The highest BCUT2D eigenvalue weighted by Crippen LogP contribution is 2.57. The van der Waals surface area contributed by atoms with Crippen molar-refractivity contribution in [3.8, 4) is 0 Å². The van der Waals surface area contributed by atoms with Crippen LogP contribution in [-0.4, -0.2) is 31.9 Å². The lowest BCUT2D eigenvalue weighted by atomic mass is 9.78. The van der Waals surface area contributed by atoms with E-state index in [-0.39, 0.29) is 6.42 Å². The summed E-state index contributed by atoms with van der Waals surface area (Å²) < 4.78 is 84.7. The smallest absolute Gasteiger partial charge is 0.350 e. The molecule has 0 saturated heterocycles. The quantitative estimate of drug-likeness (QED) is 0.261. The topological polar surface area (TPSA) is 18.5 Å². The second-order valence-corrected chi connectivity index (χ2v) is 6.47. The second-order valence-electron chi connectivity index (χ2n) is 6.47. The van der Waals surface area contributed by atoms with Gasteiger partial charge in [0, 0.05) is 26.2 Å². The van der Waals surface area contributed by atoms with Gasteiger partial charge in [0.05, 0.1) is 0 Å². The molecule has 0 fully saturated rings. The van der Waals surface area contributed by atoms with Gasteiger partial charge < -0.3 is 9.47 Å². The van der Waals surface area contributed by atoms with Crippen molar-refractivity contribution in [2.24, 2.45) is 0 Å². The summed E-state index contributed by atoms with van der Waals surface area (Å²) in [5, 5.41) is 0. The van der Waals surface area contributed by atoms with Crippen molar-refractivity contribution in [3.05, 3.63) is 35.9 Å². The Morgan fingerprint density at radius 3 is 1.85 bits per heavy atom. The van der Waals surface area contributed by atoms with Crippen molar-refractivity contribution in [3.63, 3.8) is 0 Å². The molecule has 0 amide bonds. The predicted molar refractivity (Wildman–Crippen MR) is 90.3 cm³/mol. The number of hydrogen-bond donors (Lipinski definition) is 0. The van der Waals surface area contributed by atoms with Crippen LogP contribution in [0.3, 0.4) is 0 Å². The largest absolute Gasteiger partial charge is 0.352 e. The number of methoxy groups -OCH3 is 2. The number of unbranched alkanes of at least 4 members (excludes halogenated alkanes) is 3. The van der Waals surface area contributed by atoms with E-state index in [1.165, 1.54) is 18.2 Å². The molecule has 0 bridgehead atoms. The lowest BCUT2D eigenvalue weighted by molar-refractivity contribution is -0.372. The zero-order valence-electron chi connectivity index (χ0n) is 15.6. The molecule has 150 valence electrons. The second kappa shape index (κ2) is 8.65. The molecule has 1 rings (SSSR count). The maximum Gasteiger partial charge on any atom is 0.352 e. The summed E-state index contributed by atoms with van der Waals surface area (Å²) in [6, 6.07) is 6.12. The normalized spacial score (nSPS) is 15.7. The fraction of sp³-hybridized carbons (Fsp3) is 0.684. The molecule has 1 aromatic rings. The average Bonchev–Trinajstić information content (AvgIpc) is 2.64. The molecule has 0 aromatic heterocycles. The Morgan fingerprint density at radius 1 is 0.846 bits per heavy atom. The van der Waals surface area contributed by atoms with Crippen LogP contribution in [0.4, 0.5) is 22.0 Å². The molecular formula is C19H27F5O2. The monoisotopic (exact) mass is 382 g/mol. The molecule has 26 heavy (non-hydrogen) atoms. The molecule has 0 spiro atoms. The van der Waals surface area contributed by atoms with E-state index < -0.39 is 35.3 Å².